The third kappa shape index (κ3) is 2.86. The number of nitrogens with zero attached hydrogens (tertiary/aromatic N) is 1. The van der Waals surface area contributed by atoms with Crippen molar-refractivity contribution in [2.24, 2.45) is 5.73 Å². The van der Waals surface area contributed by atoms with E-state index in [1.807, 2.05) is 13.0 Å². The Bertz CT molecular complexity index is 561. The van der Waals surface area contributed by atoms with Crippen LogP contribution in [0, 0.1) is 6.92 Å². The molecule has 1 atom stereocenters. The van der Waals surface area contributed by atoms with Gasteiger partial charge in [-0.05, 0) is 43.5 Å². The molecule has 0 aromatic heterocycles. The number of primary amides is 1. The summed E-state index contributed by atoms with van der Waals surface area (Å²) in [5, 5.41) is 10.2. The third-order valence-electron chi connectivity index (χ3n) is 3.64. The Balaban J connectivity index is 2.23. The Hall–Kier alpha value is -1.40. The molecule has 1 aliphatic rings. The van der Waals surface area contributed by atoms with Crippen LogP contribution in [0.15, 0.2) is 22.7 Å². The first-order chi connectivity index (χ1) is 9.33. The third-order valence-corrected chi connectivity index (χ3v) is 4.13. The molecule has 0 spiro atoms. The summed E-state index contributed by atoms with van der Waals surface area (Å²) < 4.78 is 0.902. The standard InChI is InChI=1S/C14H17BrN2O3/c1-9-7-10(15)3-4-11(9)12(18)17-6-2-5-14(20,8-17)13(16)19/h3-4,7,20H,2,5-6,8H2,1H3,(H2,16,19). The van der Waals surface area contributed by atoms with Gasteiger partial charge >= 0.3 is 0 Å². The molecule has 6 heteroatoms. The maximum atomic E-state index is 12.5. The highest BCUT2D eigenvalue weighted by molar-refractivity contribution is 9.10. The van der Waals surface area contributed by atoms with E-state index in [-0.39, 0.29) is 12.5 Å². The smallest absolute Gasteiger partial charge is 0.254 e. The molecule has 2 amide bonds. The van der Waals surface area contributed by atoms with Crippen LogP contribution in [-0.2, 0) is 4.79 Å². The van der Waals surface area contributed by atoms with E-state index in [9.17, 15) is 14.7 Å². The van der Waals surface area contributed by atoms with Crippen molar-refractivity contribution in [2.45, 2.75) is 25.4 Å². The number of rotatable bonds is 2. The number of aliphatic hydroxyl groups is 1. The highest BCUT2D eigenvalue weighted by atomic mass is 79.9. The van der Waals surface area contributed by atoms with Crippen molar-refractivity contribution in [1.29, 1.82) is 0 Å². The highest BCUT2D eigenvalue weighted by Gasteiger charge is 2.40. The van der Waals surface area contributed by atoms with Gasteiger partial charge in [-0.3, -0.25) is 9.59 Å². The summed E-state index contributed by atoms with van der Waals surface area (Å²) in [7, 11) is 0. The van der Waals surface area contributed by atoms with E-state index in [2.05, 4.69) is 15.9 Å². The van der Waals surface area contributed by atoms with Crippen LogP contribution in [0.2, 0.25) is 0 Å². The molecule has 1 aliphatic heterocycles. The van der Waals surface area contributed by atoms with Crippen molar-refractivity contribution < 1.29 is 14.7 Å². The van der Waals surface area contributed by atoms with Gasteiger partial charge in [-0.1, -0.05) is 15.9 Å². The number of β-amino-alcohol motifs (C(OH)–C–C–N with tert-alkyl or cyclic N) is 1. The molecule has 0 radical (unpaired) electrons. The minimum absolute atomic E-state index is 0.0450. The molecule has 1 unspecified atom stereocenters. The number of carbonyl (C=O) groups is 2. The largest absolute Gasteiger partial charge is 0.378 e. The molecule has 20 heavy (non-hydrogen) atoms. The predicted octanol–water partition coefficient (Wildman–Crippen LogP) is 1.21. The van der Waals surface area contributed by atoms with Gasteiger partial charge in [-0.2, -0.15) is 0 Å². The van der Waals surface area contributed by atoms with Crippen LogP contribution >= 0.6 is 15.9 Å². The summed E-state index contributed by atoms with van der Waals surface area (Å²) in [6, 6.07) is 5.39. The number of halogens is 1. The molecule has 3 N–H and O–H groups in total. The molecule has 1 fully saturated rings. The first kappa shape index (κ1) is 15.0. The Morgan fingerprint density at radius 2 is 2.15 bits per heavy atom. The van der Waals surface area contributed by atoms with E-state index in [0.717, 1.165) is 10.0 Å². The Morgan fingerprint density at radius 1 is 1.45 bits per heavy atom. The van der Waals surface area contributed by atoms with Crippen molar-refractivity contribution in [3.63, 3.8) is 0 Å². The minimum atomic E-state index is -1.61. The van der Waals surface area contributed by atoms with Crippen LogP contribution < -0.4 is 5.73 Å². The van der Waals surface area contributed by atoms with Crippen molar-refractivity contribution in [3.05, 3.63) is 33.8 Å². The lowest BCUT2D eigenvalue weighted by Crippen LogP contribution is -2.57. The fraction of sp³-hybridized carbons (Fsp3) is 0.429. The zero-order valence-corrected chi connectivity index (χ0v) is 12.8. The van der Waals surface area contributed by atoms with Gasteiger partial charge in [0, 0.05) is 16.6 Å². The molecule has 1 aromatic carbocycles. The van der Waals surface area contributed by atoms with Crippen LogP contribution in [0.4, 0.5) is 0 Å². The van der Waals surface area contributed by atoms with Crippen LogP contribution in [0.3, 0.4) is 0 Å². The van der Waals surface area contributed by atoms with Crippen molar-refractivity contribution in [2.75, 3.05) is 13.1 Å². The quantitative estimate of drug-likeness (QED) is 0.848. The second-order valence-electron chi connectivity index (χ2n) is 5.19. The van der Waals surface area contributed by atoms with E-state index >= 15 is 0 Å². The van der Waals surface area contributed by atoms with Crippen molar-refractivity contribution in [3.8, 4) is 0 Å². The normalized spacial score (nSPS) is 22.6. The molecule has 2 rings (SSSR count). The molecule has 0 bridgehead atoms. The summed E-state index contributed by atoms with van der Waals surface area (Å²) >= 11 is 3.35. The predicted molar refractivity (Wildman–Crippen MR) is 78.2 cm³/mol. The molecule has 5 nitrogen and oxygen atoms in total. The van der Waals surface area contributed by atoms with E-state index < -0.39 is 11.5 Å². The number of amides is 2. The average Bonchev–Trinajstić information content (AvgIpc) is 2.38. The van der Waals surface area contributed by atoms with E-state index in [1.165, 1.54) is 4.90 Å². The Labute approximate surface area is 125 Å². The van der Waals surface area contributed by atoms with Gasteiger partial charge < -0.3 is 15.7 Å². The van der Waals surface area contributed by atoms with Crippen LogP contribution in [0.25, 0.3) is 0 Å². The molecular formula is C14H17BrN2O3. The van der Waals surface area contributed by atoms with E-state index in [4.69, 9.17) is 5.73 Å². The number of carbonyl (C=O) groups excluding carboxylic acids is 2. The van der Waals surface area contributed by atoms with Gasteiger partial charge in [-0.25, -0.2) is 0 Å². The molecule has 0 saturated carbocycles. The molecule has 1 heterocycles. The summed E-state index contributed by atoms with van der Waals surface area (Å²) in [4.78, 5) is 25.3. The number of benzene rings is 1. The Kier molecular flexibility index (Phi) is 4.15. The van der Waals surface area contributed by atoms with Gasteiger partial charge in [0.1, 0.15) is 0 Å². The number of hydrogen-bond acceptors (Lipinski definition) is 3. The maximum absolute atomic E-state index is 12.5. The second kappa shape index (κ2) is 5.54. The summed E-state index contributed by atoms with van der Waals surface area (Å²) in [5.74, 6) is -0.961. The highest BCUT2D eigenvalue weighted by Crippen LogP contribution is 2.24. The summed E-state index contributed by atoms with van der Waals surface area (Å²) in [6.45, 7) is 2.32. The number of piperidine rings is 1. The molecule has 1 aromatic rings. The summed E-state index contributed by atoms with van der Waals surface area (Å²) in [5.41, 5.74) is 5.02. The van der Waals surface area contributed by atoms with Crippen molar-refractivity contribution >= 4 is 27.7 Å². The number of nitrogens with two attached hydrogens (primary N) is 1. The Morgan fingerprint density at radius 3 is 2.75 bits per heavy atom. The number of likely N-dealkylation sites (tertiary alicyclic amines) is 1. The monoisotopic (exact) mass is 340 g/mol. The van der Waals surface area contributed by atoms with Gasteiger partial charge in [0.05, 0.1) is 6.54 Å². The average molecular weight is 341 g/mol. The second-order valence-corrected chi connectivity index (χ2v) is 6.10. The van der Waals surface area contributed by atoms with Crippen molar-refractivity contribution in [1.82, 2.24) is 4.90 Å². The lowest BCUT2D eigenvalue weighted by molar-refractivity contribution is -0.140. The molecular weight excluding hydrogens is 324 g/mol. The lowest BCUT2D eigenvalue weighted by Gasteiger charge is -2.37. The van der Waals surface area contributed by atoms with Gasteiger partial charge in [-0.15, -0.1) is 0 Å². The molecule has 1 saturated heterocycles. The zero-order chi connectivity index (χ0) is 14.9. The maximum Gasteiger partial charge on any atom is 0.254 e. The number of hydrogen-bond donors (Lipinski definition) is 2. The van der Waals surface area contributed by atoms with Crippen LogP contribution in [-0.4, -0.2) is 40.5 Å². The fourth-order valence-electron chi connectivity index (χ4n) is 2.45. The van der Waals surface area contributed by atoms with E-state index in [1.54, 1.807) is 12.1 Å². The first-order valence-electron chi connectivity index (χ1n) is 6.41. The zero-order valence-electron chi connectivity index (χ0n) is 11.2. The topological polar surface area (TPSA) is 83.6 Å². The molecule has 108 valence electrons. The minimum Gasteiger partial charge on any atom is -0.378 e. The first-order valence-corrected chi connectivity index (χ1v) is 7.20. The number of aryl methyl sites for hydroxylation is 1. The summed E-state index contributed by atoms with van der Waals surface area (Å²) in [6.07, 6.45) is 0.853. The van der Waals surface area contributed by atoms with Crippen LogP contribution in [0.1, 0.15) is 28.8 Å². The van der Waals surface area contributed by atoms with E-state index in [0.29, 0.717) is 24.9 Å². The lowest BCUT2D eigenvalue weighted by atomic mass is 9.91. The SMILES string of the molecule is Cc1cc(Br)ccc1C(=O)N1CCCC(O)(C(N)=O)C1. The van der Waals surface area contributed by atoms with Gasteiger partial charge in [0.25, 0.3) is 11.8 Å². The fourth-order valence-corrected chi connectivity index (χ4v) is 2.92. The van der Waals surface area contributed by atoms with Crippen LogP contribution in [0.5, 0.6) is 0 Å². The van der Waals surface area contributed by atoms with Gasteiger partial charge in [0.15, 0.2) is 5.60 Å². The van der Waals surface area contributed by atoms with Gasteiger partial charge in [0.2, 0.25) is 0 Å². The molecule has 0 aliphatic carbocycles.